The van der Waals surface area contributed by atoms with Crippen molar-refractivity contribution in [2.75, 3.05) is 33.1 Å². The highest BCUT2D eigenvalue weighted by Crippen LogP contribution is 2.53. The first-order valence-corrected chi connectivity index (χ1v) is 12.2. The molecular weight excluding hydrogens is 478 g/mol. The second-order valence-electron chi connectivity index (χ2n) is 11.7. The fraction of sp³-hybridized carbons (Fsp3) is 0.519. The summed E-state index contributed by atoms with van der Waals surface area (Å²) in [6.07, 6.45) is 0.349. The fourth-order valence-corrected chi connectivity index (χ4v) is 6.03. The summed E-state index contributed by atoms with van der Waals surface area (Å²) >= 11 is 0. The van der Waals surface area contributed by atoms with E-state index in [9.17, 15) is 34.8 Å². The van der Waals surface area contributed by atoms with E-state index in [1.54, 1.807) is 40.9 Å². The van der Waals surface area contributed by atoms with Crippen LogP contribution in [0.4, 0.5) is 5.69 Å². The van der Waals surface area contributed by atoms with Crippen LogP contribution < -0.4 is 10.2 Å². The van der Waals surface area contributed by atoms with Crippen LogP contribution in [0.5, 0.6) is 5.75 Å². The Hall–Kier alpha value is -3.37. The number of carbonyl (C=O) groups is 3. The van der Waals surface area contributed by atoms with Gasteiger partial charge in [-0.25, -0.2) is 0 Å². The van der Waals surface area contributed by atoms with E-state index >= 15 is 0 Å². The Bertz CT molecular complexity index is 1270. The summed E-state index contributed by atoms with van der Waals surface area (Å²) in [6.45, 7) is 5.09. The van der Waals surface area contributed by atoms with E-state index in [2.05, 4.69) is 5.32 Å². The van der Waals surface area contributed by atoms with Gasteiger partial charge in [0.1, 0.15) is 22.8 Å². The van der Waals surface area contributed by atoms with Crippen LogP contribution in [0.1, 0.15) is 38.3 Å². The minimum Gasteiger partial charge on any atom is -0.508 e. The number of ketones is 2. The van der Waals surface area contributed by atoms with Gasteiger partial charge in [-0.2, -0.15) is 0 Å². The fourth-order valence-electron chi connectivity index (χ4n) is 6.03. The molecule has 0 aromatic heterocycles. The molecule has 0 saturated heterocycles. The summed E-state index contributed by atoms with van der Waals surface area (Å²) in [7, 11) is 6.86. The van der Waals surface area contributed by atoms with E-state index in [1.165, 1.54) is 11.0 Å². The number of amides is 1. The quantitative estimate of drug-likeness (QED) is 0.379. The van der Waals surface area contributed by atoms with Gasteiger partial charge in [-0.15, -0.1) is 0 Å². The van der Waals surface area contributed by atoms with Gasteiger partial charge in [0.25, 0.3) is 5.91 Å². The summed E-state index contributed by atoms with van der Waals surface area (Å²) in [5.41, 5.74) is -2.69. The van der Waals surface area contributed by atoms with Gasteiger partial charge < -0.3 is 30.6 Å². The summed E-state index contributed by atoms with van der Waals surface area (Å²) < 4.78 is 0. The molecule has 0 bridgehead atoms. The number of phenolic OH excluding ortho intramolecular Hbond substituents is 1. The zero-order valence-corrected chi connectivity index (χ0v) is 22.2. The number of hydrogen-bond acceptors (Lipinski definition) is 9. The molecule has 1 saturated carbocycles. The van der Waals surface area contributed by atoms with E-state index in [0.717, 1.165) is 5.69 Å². The van der Waals surface area contributed by atoms with Crippen molar-refractivity contribution in [3.8, 4) is 5.75 Å². The number of nitrogens with one attached hydrogen (secondary N) is 1. The Morgan fingerprint density at radius 3 is 2.24 bits per heavy atom. The normalized spacial score (nSPS) is 27.6. The Kier molecular flexibility index (Phi) is 6.20. The topological polar surface area (TPSA) is 151 Å². The number of phenols is 1. The number of likely N-dealkylation sites (N-methyl/N-ethyl adjacent to an activating group) is 1. The molecule has 4 rings (SSSR count). The molecule has 1 aromatic rings. The highest BCUT2D eigenvalue weighted by molar-refractivity contribution is 6.25. The third-order valence-electron chi connectivity index (χ3n) is 7.53. The molecule has 5 N–H and O–H groups in total. The molecule has 37 heavy (non-hydrogen) atoms. The van der Waals surface area contributed by atoms with Crippen molar-refractivity contribution in [2.45, 2.75) is 50.8 Å². The van der Waals surface area contributed by atoms with Crippen molar-refractivity contribution in [3.63, 3.8) is 0 Å². The second kappa shape index (κ2) is 8.59. The number of benzene rings is 1. The van der Waals surface area contributed by atoms with Crippen LogP contribution in [-0.4, -0.2) is 88.2 Å². The van der Waals surface area contributed by atoms with Crippen LogP contribution in [0.25, 0.3) is 5.76 Å². The number of aromatic hydroxyl groups is 1. The van der Waals surface area contributed by atoms with E-state index in [1.807, 2.05) is 19.0 Å². The lowest BCUT2D eigenvalue weighted by molar-refractivity contribution is -0.153. The summed E-state index contributed by atoms with van der Waals surface area (Å²) in [5, 5.41) is 47.6. The molecule has 1 aromatic carbocycles. The number of rotatable bonds is 3. The van der Waals surface area contributed by atoms with E-state index < -0.39 is 63.6 Å². The maximum Gasteiger partial charge on any atom is 0.258 e. The Morgan fingerprint density at radius 2 is 1.70 bits per heavy atom. The molecule has 10 nitrogen and oxygen atoms in total. The maximum absolute atomic E-state index is 14.0. The molecule has 1 amide bonds. The predicted octanol–water partition coefficient (Wildman–Crippen LogP) is 1.46. The first-order valence-electron chi connectivity index (χ1n) is 12.2. The van der Waals surface area contributed by atoms with E-state index in [-0.39, 0.29) is 29.7 Å². The lowest BCUT2D eigenvalue weighted by Crippen LogP contribution is -2.66. The van der Waals surface area contributed by atoms with Gasteiger partial charge in [0.05, 0.1) is 11.6 Å². The van der Waals surface area contributed by atoms with Crippen molar-refractivity contribution in [1.29, 1.82) is 0 Å². The number of nitrogens with zero attached hydrogens (tertiary/aromatic N) is 2. The highest BCUT2D eigenvalue weighted by Gasteiger charge is 2.64. The number of aliphatic hydroxyl groups is 3. The Labute approximate surface area is 215 Å². The highest BCUT2D eigenvalue weighted by atomic mass is 16.3. The summed E-state index contributed by atoms with van der Waals surface area (Å²) in [4.78, 5) is 44.0. The third-order valence-corrected chi connectivity index (χ3v) is 7.53. The average molecular weight is 514 g/mol. The molecule has 0 heterocycles. The summed E-state index contributed by atoms with van der Waals surface area (Å²) in [6, 6.07) is 2.06. The van der Waals surface area contributed by atoms with Crippen LogP contribution in [0, 0.1) is 11.8 Å². The van der Waals surface area contributed by atoms with Crippen LogP contribution in [0.3, 0.4) is 0 Å². The SMILES string of the molecule is CN(C)c1ccc(O)c2c1CC1CC3C(N(C)C)C(=O)C(C(=O)NC(C)(C)C)=C(O)C3(O)C(=O)C1=C2O. The lowest BCUT2D eigenvalue weighted by atomic mass is 9.57. The van der Waals surface area contributed by atoms with Crippen molar-refractivity contribution < 1.29 is 34.8 Å². The van der Waals surface area contributed by atoms with Gasteiger partial charge in [-0.3, -0.25) is 19.3 Å². The zero-order valence-electron chi connectivity index (χ0n) is 22.2. The van der Waals surface area contributed by atoms with Crippen LogP contribution >= 0.6 is 0 Å². The number of fused-ring (bicyclic) bond motifs is 3. The van der Waals surface area contributed by atoms with Gasteiger partial charge in [-0.05, 0) is 71.3 Å². The van der Waals surface area contributed by atoms with E-state index in [0.29, 0.717) is 5.56 Å². The number of hydrogen-bond donors (Lipinski definition) is 5. The Morgan fingerprint density at radius 1 is 1.08 bits per heavy atom. The monoisotopic (exact) mass is 513 g/mol. The van der Waals surface area contributed by atoms with Crippen molar-refractivity contribution >= 4 is 28.9 Å². The average Bonchev–Trinajstić information content (AvgIpc) is 2.74. The Balaban J connectivity index is 1.96. The molecule has 4 unspecified atom stereocenters. The lowest BCUT2D eigenvalue weighted by Gasteiger charge is -2.50. The largest absolute Gasteiger partial charge is 0.508 e. The van der Waals surface area contributed by atoms with Crippen molar-refractivity contribution in [3.05, 3.63) is 40.2 Å². The second-order valence-corrected chi connectivity index (χ2v) is 11.7. The standard InChI is InChI=1S/C27H35N3O7/c1-26(2,3)28-25(36)19-22(33)20(30(6)7)14-11-12-10-13-15(29(4)5)8-9-16(31)18(13)21(32)17(12)23(34)27(14,37)24(19)35/h8-9,12,14,20,31-32,35,37H,10-11H2,1-7H3,(H,28,36). The molecule has 0 radical (unpaired) electrons. The molecule has 1 fully saturated rings. The zero-order chi connectivity index (χ0) is 27.8. The number of aliphatic hydroxyl groups excluding tert-OH is 2. The van der Waals surface area contributed by atoms with Gasteiger partial charge in [0.15, 0.2) is 11.4 Å². The molecule has 3 aliphatic carbocycles. The van der Waals surface area contributed by atoms with Gasteiger partial charge >= 0.3 is 0 Å². The smallest absolute Gasteiger partial charge is 0.258 e. The van der Waals surface area contributed by atoms with Gasteiger partial charge in [-0.1, -0.05) is 0 Å². The predicted molar refractivity (Wildman–Crippen MR) is 137 cm³/mol. The molecule has 0 spiro atoms. The summed E-state index contributed by atoms with van der Waals surface area (Å²) in [5.74, 6) is -5.93. The van der Waals surface area contributed by atoms with Crippen molar-refractivity contribution in [2.24, 2.45) is 11.8 Å². The molecule has 200 valence electrons. The number of carbonyl (C=O) groups excluding carboxylic acids is 3. The molecule has 3 aliphatic rings. The third kappa shape index (κ3) is 3.90. The van der Waals surface area contributed by atoms with Crippen LogP contribution in [-0.2, 0) is 20.8 Å². The van der Waals surface area contributed by atoms with Crippen molar-refractivity contribution in [1.82, 2.24) is 10.2 Å². The molecule has 4 atom stereocenters. The van der Waals surface area contributed by atoms with Gasteiger partial charge in [0.2, 0.25) is 5.78 Å². The minimum atomic E-state index is -2.61. The number of anilines is 1. The minimum absolute atomic E-state index is 0.0798. The number of Topliss-reactive ketones (excluding diaryl/α,β-unsaturated/α-hetero) is 2. The van der Waals surface area contributed by atoms with Gasteiger partial charge in [0, 0.05) is 36.8 Å². The first-order chi connectivity index (χ1) is 17.0. The molecular formula is C27H35N3O7. The van der Waals surface area contributed by atoms with E-state index in [4.69, 9.17) is 0 Å². The molecule has 10 heteroatoms. The first kappa shape index (κ1) is 26.7. The van der Waals surface area contributed by atoms with Crippen LogP contribution in [0.2, 0.25) is 0 Å². The maximum atomic E-state index is 14.0. The van der Waals surface area contributed by atoms with Crippen LogP contribution in [0.15, 0.2) is 29.0 Å². The molecule has 0 aliphatic heterocycles.